The van der Waals surface area contributed by atoms with E-state index in [2.05, 4.69) is 16.8 Å². The molecule has 4 nitrogen and oxygen atoms in total. The van der Waals surface area contributed by atoms with E-state index < -0.39 is 0 Å². The van der Waals surface area contributed by atoms with E-state index in [1.807, 2.05) is 24.1 Å². The van der Waals surface area contributed by atoms with Gasteiger partial charge < -0.3 is 9.80 Å². The molecule has 0 unspecified atom stereocenters. The zero-order chi connectivity index (χ0) is 19.0. The molecule has 7 heteroatoms. The first-order chi connectivity index (χ1) is 13.0. The molecule has 1 aromatic carbocycles. The molecule has 1 aliphatic heterocycles. The van der Waals surface area contributed by atoms with E-state index in [0.717, 1.165) is 39.1 Å². The Bertz CT molecular complexity index is 956. The van der Waals surface area contributed by atoms with Crippen LogP contribution in [-0.2, 0) is 0 Å². The van der Waals surface area contributed by atoms with Crippen molar-refractivity contribution in [1.29, 1.82) is 0 Å². The second-order valence-corrected chi connectivity index (χ2v) is 8.93. The van der Waals surface area contributed by atoms with E-state index in [0.29, 0.717) is 13.1 Å². The number of carbonyl (C=O) groups excluding carboxylic acids is 1. The number of hydrogen-bond acceptors (Lipinski definition) is 5. The van der Waals surface area contributed by atoms with E-state index in [-0.39, 0.29) is 11.7 Å². The number of nitrogens with zero attached hydrogens (tertiary/aromatic N) is 3. The molecule has 0 aliphatic carbocycles. The topological polar surface area (TPSA) is 36.4 Å². The lowest BCUT2D eigenvalue weighted by Crippen LogP contribution is -2.48. The van der Waals surface area contributed by atoms with Crippen molar-refractivity contribution >= 4 is 33.7 Å². The average Bonchev–Trinajstić information content (AvgIpc) is 3.28. The predicted molar refractivity (Wildman–Crippen MR) is 109 cm³/mol. The van der Waals surface area contributed by atoms with E-state index >= 15 is 0 Å². The van der Waals surface area contributed by atoms with Crippen molar-refractivity contribution in [1.82, 2.24) is 9.88 Å². The molecule has 1 saturated heterocycles. The zero-order valence-electron chi connectivity index (χ0n) is 15.2. The highest BCUT2D eigenvalue weighted by atomic mass is 32.1. The molecule has 0 bridgehead atoms. The van der Waals surface area contributed by atoms with Crippen LogP contribution in [0.1, 0.15) is 20.1 Å². The Kier molecular flexibility index (Phi) is 4.97. The van der Waals surface area contributed by atoms with E-state index in [9.17, 15) is 9.18 Å². The quantitative estimate of drug-likeness (QED) is 0.644. The molecule has 3 aromatic rings. The third kappa shape index (κ3) is 3.75. The van der Waals surface area contributed by atoms with Gasteiger partial charge in [0.15, 0.2) is 5.13 Å². The Morgan fingerprint density at radius 3 is 2.41 bits per heavy atom. The minimum absolute atomic E-state index is 0.0754. The van der Waals surface area contributed by atoms with Crippen LogP contribution in [0.2, 0.25) is 0 Å². The third-order valence-electron chi connectivity index (χ3n) is 4.68. The molecule has 3 heterocycles. The fourth-order valence-corrected chi connectivity index (χ4v) is 5.18. The van der Waals surface area contributed by atoms with Gasteiger partial charge in [0.1, 0.15) is 5.82 Å². The van der Waals surface area contributed by atoms with Crippen LogP contribution in [0.4, 0.5) is 9.52 Å². The van der Waals surface area contributed by atoms with Crippen LogP contribution < -0.4 is 4.90 Å². The van der Waals surface area contributed by atoms with Crippen LogP contribution in [0.5, 0.6) is 0 Å². The van der Waals surface area contributed by atoms with E-state index in [1.54, 1.807) is 23.5 Å². The number of benzene rings is 1. The molecule has 1 amide bonds. The summed E-state index contributed by atoms with van der Waals surface area (Å²) in [5, 5.41) is 1.03. The number of aromatic nitrogens is 1. The first kappa shape index (κ1) is 18.1. The van der Waals surface area contributed by atoms with E-state index in [4.69, 9.17) is 0 Å². The lowest BCUT2D eigenvalue weighted by atomic mass is 10.1. The second-order valence-electron chi connectivity index (χ2n) is 6.66. The lowest BCUT2D eigenvalue weighted by Gasteiger charge is -2.34. The first-order valence-corrected chi connectivity index (χ1v) is 10.5. The fourth-order valence-electron chi connectivity index (χ4n) is 3.22. The lowest BCUT2D eigenvalue weighted by molar-refractivity contribution is 0.0751. The van der Waals surface area contributed by atoms with Crippen LogP contribution in [0, 0.1) is 19.7 Å². The number of amides is 1. The summed E-state index contributed by atoms with van der Waals surface area (Å²) in [6.07, 6.45) is 1.89. The number of hydrogen-bond donors (Lipinski definition) is 0. The summed E-state index contributed by atoms with van der Waals surface area (Å²) in [5.41, 5.74) is 1.99. The maximum atomic E-state index is 13.2. The van der Waals surface area contributed by atoms with Crippen molar-refractivity contribution in [3.05, 3.63) is 57.7 Å². The van der Waals surface area contributed by atoms with Crippen molar-refractivity contribution < 1.29 is 9.18 Å². The van der Waals surface area contributed by atoms with Crippen molar-refractivity contribution in [3.63, 3.8) is 0 Å². The van der Waals surface area contributed by atoms with Crippen molar-refractivity contribution in [2.75, 3.05) is 31.1 Å². The number of aryl methyl sites for hydroxylation is 2. The monoisotopic (exact) mass is 401 g/mol. The van der Waals surface area contributed by atoms with Crippen LogP contribution in [0.3, 0.4) is 0 Å². The van der Waals surface area contributed by atoms with Gasteiger partial charge in [-0.05, 0) is 43.2 Å². The molecule has 2 aromatic heterocycles. The summed E-state index contributed by atoms with van der Waals surface area (Å²) in [6.45, 7) is 7.04. The zero-order valence-corrected chi connectivity index (χ0v) is 16.9. The number of piperazine rings is 1. The van der Waals surface area contributed by atoms with Gasteiger partial charge >= 0.3 is 0 Å². The molecule has 1 aliphatic rings. The van der Waals surface area contributed by atoms with Gasteiger partial charge in [-0.3, -0.25) is 4.79 Å². The molecule has 0 atom stereocenters. The average molecular weight is 402 g/mol. The van der Waals surface area contributed by atoms with Crippen LogP contribution in [0.15, 0.2) is 36.5 Å². The Labute approximate surface area is 165 Å². The molecular formula is C20H20FN3OS2. The molecule has 0 N–H and O–H groups in total. The maximum absolute atomic E-state index is 13.2. The SMILES string of the molecule is Cc1cnc(N2CCN(C(=O)c3cc(C)c(-c4ccc(F)cc4)s3)CC2)s1. The standard InChI is InChI=1S/C20H20FN3OS2/c1-13-11-17(27-18(13)15-3-5-16(21)6-4-15)19(25)23-7-9-24(10-8-23)20-22-12-14(2)26-20/h3-6,11-12H,7-10H2,1-2H3. The minimum atomic E-state index is -0.252. The van der Waals surface area contributed by atoms with Crippen LogP contribution >= 0.6 is 22.7 Å². The highest BCUT2D eigenvalue weighted by molar-refractivity contribution is 7.17. The van der Waals surface area contributed by atoms with Gasteiger partial charge in [-0.1, -0.05) is 12.1 Å². The fraction of sp³-hybridized carbons (Fsp3) is 0.300. The molecule has 1 fully saturated rings. The molecule has 0 radical (unpaired) electrons. The third-order valence-corrected chi connectivity index (χ3v) is 6.93. The van der Waals surface area contributed by atoms with E-state index in [1.165, 1.54) is 28.3 Å². The number of carbonyl (C=O) groups is 1. The van der Waals surface area contributed by atoms with Gasteiger partial charge in [0.2, 0.25) is 0 Å². The number of rotatable bonds is 3. The predicted octanol–water partition coefficient (Wildman–Crippen LogP) is 4.59. The first-order valence-electron chi connectivity index (χ1n) is 8.84. The summed E-state index contributed by atoms with van der Waals surface area (Å²) in [5.74, 6) is -0.177. The second kappa shape index (κ2) is 7.40. The molecule has 0 spiro atoms. The maximum Gasteiger partial charge on any atom is 0.264 e. The molecule has 140 valence electrons. The highest BCUT2D eigenvalue weighted by Gasteiger charge is 2.25. The largest absolute Gasteiger partial charge is 0.345 e. The minimum Gasteiger partial charge on any atom is -0.345 e. The summed E-state index contributed by atoms with van der Waals surface area (Å²) >= 11 is 3.17. The summed E-state index contributed by atoms with van der Waals surface area (Å²) in [7, 11) is 0. The van der Waals surface area contributed by atoms with Gasteiger partial charge in [0, 0.05) is 42.1 Å². The molecule has 0 saturated carbocycles. The van der Waals surface area contributed by atoms with Crippen molar-refractivity contribution in [2.45, 2.75) is 13.8 Å². The van der Waals surface area contributed by atoms with Crippen LogP contribution in [-0.4, -0.2) is 42.0 Å². The Hall–Kier alpha value is -2.25. The Morgan fingerprint density at radius 2 is 1.78 bits per heavy atom. The van der Waals surface area contributed by atoms with Gasteiger partial charge in [0.05, 0.1) is 4.88 Å². The summed E-state index contributed by atoms with van der Waals surface area (Å²) in [4.78, 5) is 24.5. The summed E-state index contributed by atoms with van der Waals surface area (Å²) < 4.78 is 13.2. The number of thiazole rings is 1. The molecule has 27 heavy (non-hydrogen) atoms. The summed E-state index contributed by atoms with van der Waals surface area (Å²) in [6, 6.07) is 8.38. The number of anilines is 1. The normalized spacial score (nSPS) is 14.6. The molecular weight excluding hydrogens is 381 g/mol. The van der Waals surface area contributed by atoms with Crippen LogP contribution in [0.25, 0.3) is 10.4 Å². The number of halogens is 1. The van der Waals surface area contributed by atoms with Gasteiger partial charge in [-0.25, -0.2) is 9.37 Å². The van der Waals surface area contributed by atoms with Gasteiger partial charge in [-0.2, -0.15) is 0 Å². The molecule has 4 rings (SSSR count). The van der Waals surface area contributed by atoms with Crippen molar-refractivity contribution in [2.24, 2.45) is 0 Å². The van der Waals surface area contributed by atoms with Gasteiger partial charge in [-0.15, -0.1) is 22.7 Å². The van der Waals surface area contributed by atoms with Crippen molar-refractivity contribution in [3.8, 4) is 10.4 Å². The smallest absolute Gasteiger partial charge is 0.264 e. The Morgan fingerprint density at radius 1 is 1.07 bits per heavy atom. The Balaban J connectivity index is 1.46. The van der Waals surface area contributed by atoms with Gasteiger partial charge in [0.25, 0.3) is 5.91 Å². The number of thiophene rings is 1. The highest BCUT2D eigenvalue weighted by Crippen LogP contribution is 2.33.